The van der Waals surface area contributed by atoms with Crippen molar-refractivity contribution in [1.29, 1.82) is 10.5 Å². The monoisotopic (exact) mass is 402 g/mol. The first kappa shape index (κ1) is 19.8. The topological polar surface area (TPSA) is 66.0 Å². The Balaban J connectivity index is 1.86. The second-order valence-corrected chi connectivity index (χ2v) is 6.91. The number of ether oxygens (including phenoxy) is 2. The van der Waals surface area contributed by atoms with E-state index in [1.165, 1.54) is 0 Å². The van der Waals surface area contributed by atoms with Gasteiger partial charge in [-0.05, 0) is 52.1 Å². The van der Waals surface area contributed by atoms with Gasteiger partial charge in [0.15, 0.2) is 0 Å². The highest BCUT2D eigenvalue weighted by atomic mass is 16.5. The molecule has 0 aliphatic rings. The minimum atomic E-state index is -0.0660. The predicted octanol–water partition coefficient (Wildman–Crippen LogP) is 6.25. The van der Waals surface area contributed by atoms with Crippen molar-refractivity contribution in [3.8, 4) is 35.1 Å². The summed E-state index contributed by atoms with van der Waals surface area (Å²) in [6.07, 6.45) is 3.41. The molecule has 0 heterocycles. The zero-order valence-electron chi connectivity index (χ0n) is 16.6. The molecule has 0 saturated heterocycles. The molecule has 0 atom stereocenters. The minimum Gasteiger partial charge on any atom is -0.388 e. The lowest BCUT2D eigenvalue weighted by atomic mass is 9.81. The molecule has 0 spiro atoms. The van der Waals surface area contributed by atoms with Crippen molar-refractivity contribution in [2.75, 3.05) is 0 Å². The van der Waals surface area contributed by atoms with Crippen molar-refractivity contribution < 1.29 is 9.47 Å². The van der Waals surface area contributed by atoms with Crippen molar-refractivity contribution in [2.45, 2.75) is 5.92 Å². The maximum absolute atomic E-state index is 8.78. The van der Waals surface area contributed by atoms with Crippen LogP contribution in [-0.2, 0) is 0 Å². The molecule has 0 amide bonds. The third-order valence-electron chi connectivity index (χ3n) is 5.11. The standard InChI is InChI=1S/C27H18N2O2/c28-18-30-23-14-10-21(11-15-23)27(22-12-16-24(17-13-22)31-19-29)26-9-5-4-8-25(26)20-6-2-1-3-7-20/h1-17,27H. The lowest BCUT2D eigenvalue weighted by molar-refractivity contribution is 0.507. The molecular weight excluding hydrogens is 384 g/mol. The molecule has 4 nitrogen and oxygen atoms in total. The van der Waals surface area contributed by atoms with E-state index in [1.54, 1.807) is 36.8 Å². The number of rotatable bonds is 6. The average molecular weight is 402 g/mol. The van der Waals surface area contributed by atoms with E-state index in [2.05, 4.69) is 24.3 Å². The molecule has 0 radical (unpaired) electrons. The van der Waals surface area contributed by atoms with Gasteiger partial charge in [0.25, 0.3) is 12.5 Å². The lowest BCUT2D eigenvalue weighted by Gasteiger charge is -2.22. The fourth-order valence-corrected chi connectivity index (χ4v) is 3.74. The van der Waals surface area contributed by atoms with E-state index < -0.39 is 0 Å². The van der Waals surface area contributed by atoms with Crippen LogP contribution in [-0.4, -0.2) is 0 Å². The molecule has 4 aromatic rings. The van der Waals surface area contributed by atoms with Crippen LogP contribution in [0.4, 0.5) is 0 Å². The third kappa shape index (κ3) is 4.40. The van der Waals surface area contributed by atoms with Gasteiger partial charge >= 0.3 is 0 Å². The highest BCUT2D eigenvalue weighted by Crippen LogP contribution is 2.38. The molecule has 31 heavy (non-hydrogen) atoms. The zero-order chi connectivity index (χ0) is 21.5. The quantitative estimate of drug-likeness (QED) is 0.282. The van der Waals surface area contributed by atoms with E-state index in [0.29, 0.717) is 11.5 Å². The van der Waals surface area contributed by atoms with Gasteiger partial charge in [0.05, 0.1) is 0 Å². The van der Waals surface area contributed by atoms with Crippen LogP contribution in [0.2, 0.25) is 0 Å². The molecule has 148 valence electrons. The maximum Gasteiger partial charge on any atom is 0.292 e. The Morgan fingerprint density at radius 3 is 1.55 bits per heavy atom. The SMILES string of the molecule is N#COc1ccc(C(c2ccc(OC#N)cc2)c2ccccc2-c2ccccc2)cc1. The van der Waals surface area contributed by atoms with Gasteiger partial charge in [-0.25, -0.2) is 0 Å². The molecule has 0 N–H and O–H groups in total. The second kappa shape index (κ2) is 9.31. The molecule has 0 aliphatic heterocycles. The number of nitriles is 2. The van der Waals surface area contributed by atoms with Crippen LogP contribution in [0.3, 0.4) is 0 Å². The maximum atomic E-state index is 8.78. The fourth-order valence-electron chi connectivity index (χ4n) is 3.74. The Hall–Kier alpha value is -4.54. The summed E-state index contributed by atoms with van der Waals surface area (Å²) in [5.74, 6) is 0.932. The molecular formula is C27H18N2O2. The van der Waals surface area contributed by atoms with Crippen LogP contribution < -0.4 is 9.47 Å². The van der Waals surface area contributed by atoms with Gasteiger partial charge < -0.3 is 9.47 Å². The van der Waals surface area contributed by atoms with Crippen LogP contribution in [0, 0.1) is 23.0 Å². The molecule has 0 aliphatic carbocycles. The smallest absolute Gasteiger partial charge is 0.292 e. The first-order chi connectivity index (χ1) is 15.3. The largest absolute Gasteiger partial charge is 0.388 e. The van der Waals surface area contributed by atoms with E-state index >= 15 is 0 Å². The predicted molar refractivity (Wildman–Crippen MR) is 118 cm³/mol. The molecule has 4 heteroatoms. The molecule has 0 unspecified atom stereocenters. The number of hydrogen-bond acceptors (Lipinski definition) is 4. The van der Waals surface area contributed by atoms with Gasteiger partial charge in [-0.3, -0.25) is 0 Å². The Morgan fingerprint density at radius 1 is 0.548 bits per heavy atom. The van der Waals surface area contributed by atoms with Crippen LogP contribution >= 0.6 is 0 Å². The van der Waals surface area contributed by atoms with Gasteiger partial charge in [0, 0.05) is 5.92 Å². The van der Waals surface area contributed by atoms with Crippen LogP contribution in [0.25, 0.3) is 11.1 Å². The van der Waals surface area contributed by atoms with E-state index in [-0.39, 0.29) is 5.92 Å². The Kier molecular flexibility index (Phi) is 5.93. The number of nitrogens with zero attached hydrogens (tertiary/aromatic N) is 2. The Labute approximate surface area is 181 Å². The van der Waals surface area contributed by atoms with E-state index in [1.807, 2.05) is 54.6 Å². The molecule has 4 rings (SSSR count). The van der Waals surface area contributed by atoms with Gasteiger partial charge in [-0.15, -0.1) is 10.5 Å². The summed E-state index contributed by atoms with van der Waals surface area (Å²) in [6.45, 7) is 0. The summed E-state index contributed by atoms with van der Waals surface area (Å²) in [6, 6.07) is 33.7. The molecule has 0 bridgehead atoms. The summed E-state index contributed by atoms with van der Waals surface area (Å²) in [4.78, 5) is 0. The van der Waals surface area contributed by atoms with Crippen molar-refractivity contribution in [1.82, 2.24) is 0 Å². The van der Waals surface area contributed by atoms with Gasteiger partial charge in [-0.1, -0.05) is 78.9 Å². The van der Waals surface area contributed by atoms with Crippen molar-refractivity contribution in [3.05, 3.63) is 120 Å². The summed E-state index contributed by atoms with van der Waals surface area (Å²) < 4.78 is 9.89. The average Bonchev–Trinajstić information content (AvgIpc) is 2.83. The van der Waals surface area contributed by atoms with Gasteiger partial charge in [0.1, 0.15) is 11.5 Å². The van der Waals surface area contributed by atoms with Gasteiger partial charge in [0.2, 0.25) is 0 Å². The zero-order valence-corrected chi connectivity index (χ0v) is 16.6. The summed E-state index contributed by atoms with van der Waals surface area (Å²) >= 11 is 0. The fraction of sp³-hybridized carbons (Fsp3) is 0.0370. The summed E-state index contributed by atoms with van der Waals surface area (Å²) in [5.41, 5.74) is 5.54. The highest BCUT2D eigenvalue weighted by molar-refractivity contribution is 5.70. The summed E-state index contributed by atoms with van der Waals surface area (Å²) in [7, 11) is 0. The van der Waals surface area contributed by atoms with Crippen LogP contribution in [0.15, 0.2) is 103 Å². The summed E-state index contributed by atoms with van der Waals surface area (Å²) in [5, 5.41) is 17.6. The molecule has 4 aromatic carbocycles. The highest BCUT2D eigenvalue weighted by Gasteiger charge is 2.20. The molecule has 0 aromatic heterocycles. The number of benzene rings is 4. The Morgan fingerprint density at radius 2 is 1.03 bits per heavy atom. The van der Waals surface area contributed by atoms with E-state index in [0.717, 1.165) is 27.8 Å². The van der Waals surface area contributed by atoms with Crippen molar-refractivity contribution in [2.24, 2.45) is 0 Å². The first-order valence-corrected chi connectivity index (χ1v) is 9.76. The van der Waals surface area contributed by atoms with E-state index in [4.69, 9.17) is 20.0 Å². The molecule has 0 saturated carbocycles. The first-order valence-electron chi connectivity index (χ1n) is 9.76. The van der Waals surface area contributed by atoms with Crippen molar-refractivity contribution in [3.63, 3.8) is 0 Å². The Bertz CT molecular complexity index is 1180. The normalized spacial score (nSPS) is 10.2. The number of hydrogen-bond donors (Lipinski definition) is 0. The molecule has 0 fully saturated rings. The second-order valence-electron chi connectivity index (χ2n) is 6.91. The minimum absolute atomic E-state index is 0.0660. The van der Waals surface area contributed by atoms with E-state index in [9.17, 15) is 0 Å². The van der Waals surface area contributed by atoms with Gasteiger partial charge in [-0.2, -0.15) is 0 Å². The van der Waals surface area contributed by atoms with Crippen molar-refractivity contribution >= 4 is 0 Å². The third-order valence-corrected chi connectivity index (χ3v) is 5.11. The lowest BCUT2D eigenvalue weighted by Crippen LogP contribution is -2.05. The van der Waals surface area contributed by atoms with Crippen LogP contribution in [0.5, 0.6) is 11.5 Å². The van der Waals surface area contributed by atoms with Crippen LogP contribution in [0.1, 0.15) is 22.6 Å².